The maximum absolute atomic E-state index is 11.6. The number of aryl methyl sites for hydroxylation is 2. The zero-order valence-corrected chi connectivity index (χ0v) is 9.64. The number of benzene rings is 1. The fourth-order valence-electron chi connectivity index (χ4n) is 2.05. The van der Waals surface area contributed by atoms with Crippen molar-refractivity contribution >= 4 is 11.0 Å². The highest BCUT2D eigenvalue weighted by molar-refractivity contribution is 5.91. The topological polar surface area (TPSA) is 55.6 Å². The first-order chi connectivity index (χ1) is 8.16. The fraction of sp³-hybridized carbons (Fsp3) is 0.167. The number of aromatic nitrogens is 4. The van der Waals surface area contributed by atoms with Crippen LogP contribution in [-0.2, 0) is 14.1 Å². The third kappa shape index (κ3) is 1.39. The number of nitrogens with zero attached hydrogens (tertiary/aromatic N) is 3. The normalized spacial score (nSPS) is 11.2. The summed E-state index contributed by atoms with van der Waals surface area (Å²) in [4.78, 5) is 14.5. The fourth-order valence-corrected chi connectivity index (χ4v) is 2.05. The lowest BCUT2D eigenvalue weighted by molar-refractivity contribution is 0.768. The first kappa shape index (κ1) is 9.89. The Bertz CT molecular complexity index is 747. The Morgan fingerprint density at radius 2 is 2.12 bits per heavy atom. The standard InChI is InChI=1S/C12H12N4O/c1-15-7-8(6-13-15)9-4-3-5-10-11(9)14-12(17)16(10)2/h3-7H,1-2H3,(H,14,17). The molecule has 5 heteroatoms. The summed E-state index contributed by atoms with van der Waals surface area (Å²) in [6, 6.07) is 5.85. The van der Waals surface area contributed by atoms with E-state index >= 15 is 0 Å². The van der Waals surface area contributed by atoms with E-state index in [1.165, 1.54) is 0 Å². The quantitative estimate of drug-likeness (QED) is 0.681. The Hall–Kier alpha value is -2.30. The second-order valence-electron chi connectivity index (χ2n) is 4.09. The molecule has 0 fully saturated rings. The van der Waals surface area contributed by atoms with Crippen LogP contribution in [0.5, 0.6) is 0 Å². The predicted molar refractivity (Wildman–Crippen MR) is 65.7 cm³/mol. The molecule has 0 saturated carbocycles. The average Bonchev–Trinajstić information content (AvgIpc) is 2.85. The monoisotopic (exact) mass is 228 g/mol. The number of fused-ring (bicyclic) bond motifs is 1. The molecule has 5 nitrogen and oxygen atoms in total. The van der Waals surface area contributed by atoms with Crippen molar-refractivity contribution in [3.63, 3.8) is 0 Å². The van der Waals surface area contributed by atoms with Crippen LogP contribution < -0.4 is 5.69 Å². The molecule has 2 heterocycles. The minimum absolute atomic E-state index is 0.101. The van der Waals surface area contributed by atoms with Crippen molar-refractivity contribution in [2.45, 2.75) is 0 Å². The maximum Gasteiger partial charge on any atom is 0.326 e. The van der Waals surface area contributed by atoms with Crippen molar-refractivity contribution in [3.8, 4) is 11.1 Å². The van der Waals surface area contributed by atoms with Gasteiger partial charge in [-0.25, -0.2) is 4.79 Å². The Morgan fingerprint density at radius 1 is 1.29 bits per heavy atom. The van der Waals surface area contributed by atoms with Gasteiger partial charge < -0.3 is 4.98 Å². The molecule has 0 aliphatic rings. The van der Waals surface area contributed by atoms with Crippen LogP contribution in [0.3, 0.4) is 0 Å². The number of para-hydroxylation sites is 1. The summed E-state index contributed by atoms with van der Waals surface area (Å²) >= 11 is 0. The number of aromatic amines is 1. The minimum Gasteiger partial charge on any atom is -0.305 e. The van der Waals surface area contributed by atoms with Crippen molar-refractivity contribution in [3.05, 3.63) is 41.1 Å². The molecule has 0 aliphatic carbocycles. The zero-order chi connectivity index (χ0) is 12.0. The van der Waals surface area contributed by atoms with Gasteiger partial charge in [0.25, 0.3) is 0 Å². The van der Waals surface area contributed by atoms with E-state index in [1.807, 2.05) is 31.4 Å². The summed E-state index contributed by atoms with van der Waals surface area (Å²) < 4.78 is 3.35. The van der Waals surface area contributed by atoms with Crippen molar-refractivity contribution in [1.82, 2.24) is 19.3 Å². The molecular weight excluding hydrogens is 216 g/mol. The Balaban J connectivity index is 2.37. The van der Waals surface area contributed by atoms with Crippen molar-refractivity contribution in [2.24, 2.45) is 14.1 Å². The third-order valence-electron chi connectivity index (χ3n) is 2.96. The molecule has 1 aromatic carbocycles. The summed E-state index contributed by atoms with van der Waals surface area (Å²) in [5.74, 6) is 0. The van der Waals surface area contributed by atoms with Crippen LogP contribution in [0.2, 0.25) is 0 Å². The predicted octanol–water partition coefficient (Wildman–Crippen LogP) is 1.27. The molecule has 86 valence electrons. The van der Waals surface area contributed by atoms with Gasteiger partial charge in [-0.1, -0.05) is 12.1 Å². The molecule has 0 aliphatic heterocycles. The van der Waals surface area contributed by atoms with Crippen molar-refractivity contribution in [2.75, 3.05) is 0 Å². The molecule has 3 aromatic rings. The van der Waals surface area contributed by atoms with Gasteiger partial charge in [-0.15, -0.1) is 0 Å². The molecule has 0 unspecified atom stereocenters. The van der Waals surface area contributed by atoms with Gasteiger partial charge in [-0.3, -0.25) is 9.25 Å². The summed E-state index contributed by atoms with van der Waals surface area (Å²) in [5, 5.41) is 4.15. The summed E-state index contributed by atoms with van der Waals surface area (Å²) in [6.45, 7) is 0. The zero-order valence-electron chi connectivity index (χ0n) is 9.64. The largest absolute Gasteiger partial charge is 0.326 e. The Morgan fingerprint density at radius 3 is 2.82 bits per heavy atom. The van der Waals surface area contributed by atoms with E-state index < -0.39 is 0 Å². The molecule has 17 heavy (non-hydrogen) atoms. The lowest BCUT2D eigenvalue weighted by Crippen LogP contribution is -2.11. The number of imidazole rings is 1. The molecule has 0 bridgehead atoms. The molecule has 0 atom stereocenters. The van der Waals surface area contributed by atoms with Gasteiger partial charge in [0.15, 0.2) is 0 Å². The molecule has 2 aromatic heterocycles. The highest BCUT2D eigenvalue weighted by atomic mass is 16.1. The van der Waals surface area contributed by atoms with E-state index in [4.69, 9.17) is 0 Å². The van der Waals surface area contributed by atoms with Crippen LogP contribution in [0.1, 0.15) is 0 Å². The van der Waals surface area contributed by atoms with Gasteiger partial charge in [0, 0.05) is 31.4 Å². The Kier molecular flexibility index (Phi) is 1.95. The highest BCUT2D eigenvalue weighted by Crippen LogP contribution is 2.25. The van der Waals surface area contributed by atoms with E-state index in [0.717, 1.165) is 22.2 Å². The second kappa shape index (κ2) is 3.35. The number of hydrogen-bond donors (Lipinski definition) is 1. The molecule has 0 saturated heterocycles. The van der Waals surface area contributed by atoms with Crippen molar-refractivity contribution in [1.29, 1.82) is 0 Å². The third-order valence-corrected chi connectivity index (χ3v) is 2.96. The lowest BCUT2D eigenvalue weighted by Gasteiger charge is -1.99. The van der Waals surface area contributed by atoms with Crippen molar-refractivity contribution < 1.29 is 0 Å². The van der Waals surface area contributed by atoms with Crippen LogP contribution in [-0.4, -0.2) is 19.3 Å². The molecule has 0 radical (unpaired) electrons. The highest BCUT2D eigenvalue weighted by Gasteiger charge is 2.09. The van der Waals surface area contributed by atoms with Gasteiger partial charge in [-0.2, -0.15) is 5.10 Å². The SMILES string of the molecule is Cn1cc(-c2cccc3c2[nH]c(=O)n3C)cn1. The minimum atomic E-state index is -0.101. The molecule has 1 N–H and O–H groups in total. The van der Waals surface area contributed by atoms with Gasteiger partial charge in [0.05, 0.1) is 17.2 Å². The van der Waals surface area contributed by atoms with Crippen LogP contribution in [0.4, 0.5) is 0 Å². The van der Waals surface area contributed by atoms with Gasteiger partial charge in [0.2, 0.25) is 0 Å². The first-order valence-electron chi connectivity index (χ1n) is 5.33. The first-order valence-corrected chi connectivity index (χ1v) is 5.33. The number of nitrogens with one attached hydrogen (secondary N) is 1. The second-order valence-corrected chi connectivity index (χ2v) is 4.09. The average molecular weight is 228 g/mol. The maximum atomic E-state index is 11.6. The smallest absolute Gasteiger partial charge is 0.305 e. The van der Waals surface area contributed by atoms with E-state index in [2.05, 4.69) is 10.1 Å². The lowest BCUT2D eigenvalue weighted by atomic mass is 10.1. The van der Waals surface area contributed by atoms with Crippen LogP contribution >= 0.6 is 0 Å². The number of hydrogen-bond acceptors (Lipinski definition) is 2. The summed E-state index contributed by atoms with van der Waals surface area (Å²) in [6.07, 6.45) is 3.72. The molecule has 0 spiro atoms. The van der Waals surface area contributed by atoms with Gasteiger partial charge >= 0.3 is 5.69 Å². The van der Waals surface area contributed by atoms with Gasteiger partial charge in [-0.05, 0) is 6.07 Å². The molecular formula is C12H12N4O. The molecule has 3 rings (SSSR count). The van der Waals surface area contributed by atoms with Crippen LogP contribution in [0.15, 0.2) is 35.4 Å². The molecule has 0 amide bonds. The van der Waals surface area contributed by atoms with Crippen LogP contribution in [0.25, 0.3) is 22.2 Å². The Labute approximate surface area is 97.3 Å². The number of H-pyrrole nitrogens is 1. The van der Waals surface area contributed by atoms with Gasteiger partial charge in [0.1, 0.15) is 0 Å². The van der Waals surface area contributed by atoms with E-state index in [0.29, 0.717) is 0 Å². The van der Waals surface area contributed by atoms with E-state index in [-0.39, 0.29) is 5.69 Å². The number of rotatable bonds is 1. The van der Waals surface area contributed by atoms with E-state index in [9.17, 15) is 4.79 Å². The summed E-state index contributed by atoms with van der Waals surface area (Å²) in [5.41, 5.74) is 3.65. The summed E-state index contributed by atoms with van der Waals surface area (Å²) in [7, 11) is 3.63. The van der Waals surface area contributed by atoms with Crippen LogP contribution in [0, 0.1) is 0 Å². The van der Waals surface area contributed by atoms with E-state index in [1.54, 1.807) is 22.5 Å².